The zero-order valence-corrected chi connectivity index (χ0v) is 18.2. The van der Waals surface area contributed by atoms with Crippen molar-refractivity contribution in [1.82, 2.24) is 0 Å². The van der Waals surface area contributed by atoms with Gasteiger partial charge in [-0.15, -0.1) is 0 Å². The molecule has 0 heterocycles. The average Bonchev–Trinajstić information content (AvgIpc) is 2.51. The van der Waals surface area contributed by atoms with Crippen LogP contribution in [0.15, 0.2) is 0 Å². The summed E-state index contributed by atoms with van der Waals surface area (Å²) in [5.74, 6) is -0.155. The SMILES string of the molecule is CCCCCCCCCCCCCCCC[CH-]C(=O)OCC.[Na+]. The Labute approximate surface area is 167 Å². The first-order valence-corrected chi connectivity index (χ1v) is 9.81. The van der Waals surface area contributed by atoms with Gasteiger partial charge < -0.3 is 4.74 Å². The molecule has 0 saturated carbocycles. The molecule has 0 fully saturated rings. The number of carbonyl (C=O) groups is 1. The van der Waals surface area contributed by atoms with Gasteiger partial charge >= 0.3 is 29.6 Å². The molecule has 2 nitrogen and oxygen atoms in total. The van der Waals surface area contributed by atoms with Crippen LogP contribution < -0.4 is 29.6 Å². The quantitative estimate of drug-likeness (QED) is 0.176. The van der Waals surface area contributed by atoms with Crippen LogP contribution >= 0.6 is 0 Å². The second-order valence-corrected chi connectivity index (χ2v) is 6.34. The molecule has 0 atom stereocenters. The zero-order valence-electron chi connectivity index (χ0n) is 16.2. The summed E-state index contributed by atoms with van der Waals surface area (Å²) in [6.07, 6.45) is 21.8. The third kappa shape index (κ3) is 22.3. The summed E-state index contributed by atoms with van der Waals surface area (Å²) in [6.45, 7) is 4.60. The molecule has 0 N–H and O–H groups in total. The van der Waals surface area contributed by atoms with Gasteiger partial charge in [-0.1, -0.05) is 96.8 Å². The van der Waals surface area contributed by atoms with Crippen LogP contribution in [0.1, 0.15) is 110 Å². The van der Waals surface area contributed by atoms with Crippen LogP contribution in [0.3, 0.4) is 0 Å². The van der Waals surface area contributed by atoms with Crippen molar-refractivity contribution in [1.29, 1.82) is 0 Å². The van der Waals surface area contributed by atoms with E-state index in [1.54, 1.807) is 6.42 Å². The Balaban J connectivity index is 0. The number of hydrogen-bond acceptors (Lipinski definition) is 2. The van der Waals surface area contributed by atoms with E-state index >= 15 is 0 Å². The van der Waals surface area contributed by atoms with Gasteiger partial charge in [0.25, 0.3) is 0 Å². The first kappa shape index (κ1) is 25.6. The molecule has 0 aromatic rings. The van der Waals surface area contributed by atoms with Crippen LogP contribution in [-0.2, 0) is 9.53 Å². The Bertz CT molecular complexity index is 232. The van der Waals surface area contributed by atoms with Gasteiger partial charge in [-0.25, -0.2) is 0 Å². The minimum absolute atomic E-state index is 0. The number of ether oxygens (including phenoxy) is 1. The molecular formula is C20H39NaO2. The topological polar surface area (TPSA) is 26.3 Å². The van der Waals surface area contributed by atoms with Crippen molar-refractivity contribution in [3.05, 3.63) is 6.42 Å². The van der Waals surface area contributed by atoms with Crippen LogP contribution in [0.4, 0.5) is 0 Å². The maximum absolute atomic E-state index is 11.1. The van der Waals surface area contributed by atoms with E-state index < -0.39 is 0 Å². The van der Waals surface area contributed by atoms with Gasteiger partial charge in [0.05, 0.1) is 6.61 Å². The molecule has 0 aliphatic carbocycles. The second-order valence-electron chi connectivity index (χ2n) is 6.34. The van der Waals surface area contributed by atoms with Crippen molar-refractivity contribution in [2.45, 2.75) is 110 Å². The molecule has 0 spiro atoms. The Kier molecular flexibility index (Phi) is 24.8. The van der Waals surface area contributed by atoms with Crippen molar-refractivity contribution < 1.29 is 39.1 Å². The fraction of sp³-hybridized carbons (Fsp3) is 0.900. The molecule has 0 bridgehead atoms. The number of rotatable bonds is 17. The number of carbonyl (C=O) groups excluding carboxylic acids is 1. The first-order valence-electron chi connectivity index (χ1n) is 9.81. The third-order valence-electron chi connectivity index (χ3n) is 4.16. The van der Waals surface area contributed by atoms with Crippen LogP contribution in [-0.4, -0.2) is 12.6 Å². The summed E-state index contributed by atoms with van der Waals surface area (Å²) in [7, 11) is 0. The van der Waals surface area contributed by atoms with Crippen LogP contribution in [0.25, 0.3) is 0 Å². The number of unbranched alkanes of at least 4 members (excludes halogenated alkanes) is 14. The standard InChI is InChI=1S/C20H39O2.Na/c1-3-5-6-7-8-9-10-11-12-13-14-15-16-17-18-19-20(21)22-4-2;/h19H,3-18H2,1-2H3;/q-1;+1. The van der Waals surface area contributed by atoms with E-state index in [0.717, 1.165) is 12.8 Å². The van der Waals surface area contributed by atoms with Crippen LogP contribution in [0.2, 0.25) is 0 Å². The van der Waals surface area contributed by atoms with Crippen molar-refractivity contribution in [3.8, 4) is 0 Å². The van der Waals surface area contributed by atoms with Gasteiger partial charge in [0.15, 0.2) is 5.97 Å². The normalized spacial score (nSPS) is 10.2. The van der Waals surface area contributed by atoms with Gasteiger partial charge in [-0.3, -0.25) is 11.2 Å². The van der Waals surface area contributed by atoms with E-state index in [1.807, 2.05) is 6.92 Å². The Morgan fingerprint density at radius 2 is 1.09 bits per heavy atom. The molecule has 23 heavy (non-hydrogen) atoms. The molecule has 0 amide bonds. The molecule has 0 aromatic heterocycles. The number of esters is 1. The summed E-state index contributed by atoms with van der Waals surface area (Å²) in [4.78, 5) is 11.1. The van der Waals surface area contributed by atoms with Gasteiger partial charge in [0, 0.05) is 0 Å². The van der Waals surface area contributed by atoms with Crippen LogP contribution in [0, 0.1) is 6.42 Å². The molecule has 3 heteroatoms. The second kappa shape index (κ2) is 22.3. The summed E-state index contributed by atoms with van der Waals surface area (Å²) >= 11 is 0. The fourth-order valence-electron chi connectivity index (χ4n) is 2.76. The predicted octanol–water partition coefficient (Wildman–Crippen LogP) is 3.63. The molecule has 132 valence electrons. The minimum Gasteiger partial charge on any atom is -0.488 e. The van der Waals surface area contributed by atoms with Crippen molar-refractivity contribution in [2.75, 3.05) is 6.61 Å². The first-order chi connectivity index (χ1) is 10.8. The van der Waals surface area contributed by atoms with E-state index in [0.29, 0.717) is 6.61 Å². The summed E-state index contributed by atoms with van der Waals surface area (Å²) in [5.41, 5.74) is 0. The predicted molar refractivity (Wildman–Crippen MR) is 95.9 cm³/mol. The number of hydrogen-bond donors (Lipinski definition) is 0. The van der Waals surface area contributed by atoms with Crippen LogP contribution in [0.5, 0.6) is 0 Å². The van der Waals surface area contributed by atoms with E-state index in [4.69, 9.17) is 4.74 Å². The molecule has 0 unspecified atom stereocenters. The largest absolute Gasteiger partial charge is 1.00 e. The van der Waals surface area contributed by atoms with Gasteiger partial charge in [0.1, 0.15) is 0 Å². The molecular weight excluding hydrogens is 295 g/mol. The van der Waals surface area contributed by atoms with E-state index in [2.05, 4.69) is 6.92 Å². The van der Waals surface area contributed by atoms with Crippen molar-refractivity contribution in [3.63, 3.8) is 0 Å². The van der Waals surface area contributed by atoms with Gasteiger partial charge in [-0.05, 0) is 6.92 Å². The maximum Gasteiger partial charge on any atom is 1.00 e. The molecule has 0 aliphatic rings. The Morgan fingerprint density at radius 1 is 0.696 bits per heavy atom. The molecule has 0 radical (unpaired) electrons. The third-order valence-corrected chi connectivity index (χ3v) is 4.16. The summed E-state index contributed by atoms with van der Waals surface area (Å²) < 4.78 is 4.87. The van der Waals surface area contributed by atoms with E-state index in [-0.39, 0.29) is 35.5 Å². The average molecular weight is 335 g/mol. The van der Waals surface area contributed by atoms with E-state index in [1.165, 1.54) is 83.5 Å². The van der Waals surface area contributed by atoms with Crippen molar-refractivity contribution >= 4 is 5.97 Å². The monoisotopic (exact) mass is 334 g/mol. The zero-order chi connectivity index (χ0) is 16.3. The van der Waals surface area contributed by atoms with E-state index in [9.17, 15) is 4.79 Å². The molecule has 0 aromatic carbocycles. The van der Waals surface area contributed by atoms with Gasteiger partial charge in [0.2, 0.25) is 0 Å². The van der Waals surface area contributed by atoms with Gasteiger partial charge in [-0.2, -0.15) is 6.42 Å². The Morgan fingerprint density at radius 3 is 1.48 bits per heavy atom. The maximum atomic E-state index is 11.1. The summed E-state index contributed by atoms with van der Waals surface area (Å²) in [5, 5.41) is 0. The molecule has 0 saturated heterocycles. The fourth-order valence-corrected chi connectivity index (χ4v) is 2.76. The molecule has 0 aliphatic heterocycles. The smallest absolute Gasteiger partial charge is 0.488 e. The Hall–Kier alpha value is 0.340. The minimum atomic E-state index is -0.155. The van der Waals surface area contributed by atoms with Crippen molar-refractivity contribution in [2.24, 2.45) is 0 Å². The summed E-state index contributed by atoms with van der Waals surface area (Å²) in [6, 6.07) is 0. The molecule has 0 rings (SSSR count).